The number of fused-ring (bicyclic) bond motifs is 3. The Morgan fingerprint density at radius 2 is 1.68 bits per heavy atom. The molecule has 6 nitrogen and oxygen atoms in total. The summed E-state index contributed by atoms with van der Waals surface area (Å²) in [5.74, 6) is 2.38. The summed E-state index contributed by atoms with van der Waals surface area (Å²) in [7, 11) is 1.67. The van der Waals surface area contributed by atoms with Crippen molar-refractivity contribution in [2.45, 2.75) is 12.1 Å². The van der Waals surface area contributed by atoms with Gasteiger partial charge in [0, 0.05) is 11.1 Å². The summed E-state index contributed by atoms with van der Waals surface area (Å²) >= 11 is 0. The molecule has 0 bridgehead atoms. The van der Waals surface area contributed by atoms with Crippen LogP contribution in [-0.4, -0.2) is 21.9 Å². The van der Waals surface area contributed by atoms with Gasteiger partial charge in [0.15, 0.2) is 0 Å². The van der Waals surface area contributed by atoms with Crippen molar-refractivity contribution in [1.29, 1.82) is 0 Å². The second kappa shape index (κ2) is 7.02. The van der Waals surface area contributed by atoms with Crippen molar-refractivity contribution in [3.8, 4) is 11.5 Å². The van der Waals surface area contributed by atoms with Gasteiger partial charge in [0.1, 0.15) is 30.0 Å². The van der Waals surface area contributed by atoms with E-state index >= 15 is 0 Å². The first kappa shape index (κ1) is 17.8. The zero-order valence-electron chi connectivity index (χ0n) is 16.9. The van der Waals surface area contributed by atoms with Crippen LogP contribution >= 0.6 is 0 Å². The molecule has 1 N–H and O–H groups in total. The summed E-state index contributed by atoms with van der Waals surface area (Å²) in [6.45, 7) is 0. The maximum Gasteiger partial charge on any atom is 0.226 e. The second-order valence-corrected chi connectivity index (χ2v) is 7.56. The van der Waals surface area contributed by atoms with Crippen molar-refractivity contribution in [2.75, 3.05) is 12.4 Å². The Labute approximate surface area is 179 Å². The number of aromatic nitrogens is 3. The number of methoxy groups -OCH3 is 1. The van der Waals surface area contributed by atoms with Gasteiger partial charge < -0.3 is 14.8 Å². The number of hydrogen-bond acceptors (Lipinski definition) is 5. The lowest BCUT2D eigenvalue weighted by Gasteiger charge is -2.39. The van der Waals surface area contributed by atoms with Crippen LogP contribution in [0.25, 0.3) is 5.70 Å². The minimum absolute atomic E-state index is 0.143. The molecule has 0 saturated heterocycles. The molecule has 3 heterocycles. The van der Waals surface area contributed by atoms with E-state index in [2.05, 4.69) is 45.7 Å². The van der Waals surface area contributed by atoms with Crippen molar-refractivity contribution in [3.63, 3.8) is 0 Å². The molecule has 0 amide bonds. The molecular weight excluding hydrogens is 388 g/mol. The van der Waals surface area contributed by atoms with Gasteiger partial charge in [0.25, 0.3) is 0 Å². The van der Waals surface area contributed by atoms with E-state index in [0.29, 0.717) is 0 Å². The Bertz CT molecular complexity index is 1280. The van der Waals surface area contributed by atoms with E-state index in [1.807, 2.05) is 53.2 Å². The van der Waals surface area contributed by atoms with E-state index in [9.17, 15) is 0 Å². The molecule has 0 aliphatic carbocycles. The SMILES string of the molecule is COc1ccc([C@H]2Oc3ccccc3C3=C2[C@H](c2ccccc2)n2ncnc2N3)cc1. The lowest BCUT2D eigenvalue weighted by atomic mass is 9.84. The number of rotatable bonds is 3. The third-order valence-corrected chi connectivity index (χ3v) is 5.86. The Kier molecular flexibility index (Phi) is 4.02. The van der Waals surface area contributed by atoms with Gasteiger partial charge >= 0.3 is 0 Å². The summed E-state index contributed by atoms with van der Waals surface area (Å²) in [6.07, 6.45) is 1.30. The highest BCUT2D eigenvalue weighted by Gasteiger charge is 2.40. The molecule has 152 valence electrons. The van der Waals surface area contributed by atoms with Gasteiger partial charge in [-0.25, -0.2) is 4.68 Å². The fourth-order valence-electron chi connectivity index (χ4n) is 4.43. The van der Waals surface area contributed by atoms with Crippen LogP contribution in [0.3, 0.4) is 0 Å². The van der Waals surface area contributed by atoms with E-state index in [1.165, 1.54) is 0 Å². The number of para-hydroxylation sites is 1. The normalized spacial score (nSPS) is 18.9. The highest BCUT2D eigenvalue weighted by Crippen LogP contribution is 2.50. The van der Waals surface area contributed by atoms with E-state index in [4.69, 9.17) is 9.47 Å². The van der Waals surface area contributed by atoms with Gasteiger partial charge in [-0.3, -0.25) is 0 Å². The topological polar surface area (TPSA) is 61.2 Å². The first-order chi connectivity index (χ1) is 15.3. The number of nitrogens with zero attached hydrogens (tertiary/aromatic N) is 3. The monoisotopic (exact) mass is 408 g/mol. The highest BCUT2D eigenvalue weighted by molar-refractivity contribution is 5.85. The van der Waals surface area contributed by atoms with Crippen molar-refractivity contribution in [2.24, 2.45) is 0 Å². The van der Waals surface area contributed by atoms with E-state index in [-0.39, 0.29) is 12.1 Å². The second-order valence-electron chi connectivity index (χ2n) is 7.56. The molecule has 0 spiro atoms. The number of hydrogen-bond donors (Lipinski definition) is 1. The maximum atomic E-state index is 6.60. The van der Waals surface area contributed by atoms with Gasteiger partial charge in [0.2, 0.25) is 5.95 Å². The summed E-state index contributed by atoms with van der Waals surface area (Å²) in [4.78, 5) is 4.47. The standard InChI is InChI=1S/C25H20N4O2/c1-30-18-13-11-17(12-14-18)24-21-22(19-9-5-6-10-20(19)31-24)28-25-26-15-27-29(25)23(21)16-7-3-2-4-8-16/h2-15,23-24H,1H3,(H,26,27,28)/t23-,24+/m0/s1. The minimum Gasteiger partial charge on any atom is -0.497 e. The summed E-state index contributed by atoms with van der Waals surface area (Å²) < 4.78 is 13.9. The largest absolute Gasteiger partial charge is 0.497 e. The predicted octanol–water partition coefficient (Wildman–Crippen LogP) is 4.85. The van der Waals surface area contributed by atoms with Crippen molar-refractivity contribution in [3.05, 3.63) is 107 Å². The van der Waals surface area contributed by atoms with Gasteiger partial charge in [0.05, 0.1) is 12.8 Å². The highest BCUT2D eigenvalue weighted by atomic mass is 16.5. The molecule has 6 heteroatoms. The Balaban J connectivity index is 1.60. The van der Waals surface area contributed by atoms with Crippen LogP contribution in [0.1, 0.15) is 28.8 Å². The molecule has 31 heavy (non-hydrogen) atoms. The summed E-state index contributed by atoms with van der Waals surface area (Å²) in [5, 5.41) is 8.07. The molecule has 4 aromatic rings. The number of nitrogens with one attached hydrogen (secondary N) is 1. The lowest BCUT2D eigenvalue weighted by molar-refractivity contribution is 0.223. The van der Waals surface area contributed by atoms with Crippen molar-refractivity contribution < 1.29 is 9.47 Å². The van der Waals surface area contributed by atoms with E-state index in [1.54, 1.807) is 13.4 Å². The van der Waals surface area contributed by atoms with E-state index < -0.39 is 0 Å². The predicted molar refractivity (Wildman–Crippen MR) is 118 cm³/mol. The fraction of sp³-hybridized carbons (Fsp3) is 0.120. The van der Waals surface area contributed by atoms with Crippen LogP contribution in [0.15, 0.2) is 90.8 Å². The molecule has 2 aliphatic rings. The lowest BCUT2D eigenvalue weighted by Crippen LogP contribution is -2.32. The molecule has 6 rings (SSSR count). The molecule has 0 saturated carbocycles. The van der Waals surface area contributed by atoms with Crippen LogP contribution in [0.4, 0.5) is 5.95 Å². The van der Waals surface area contributed by atoms with Gasteiger partial charge in [-0.05, 0) is 35.4 Å². The maximum absolute atomic E-state index is 6.60. The molecule has 0 unspecified atom stereocenters. The van der Waals surface area contributed by atoms with Gasteiger partial charge in [-0.1, -0.05) is 54.6 Å². The summed E-state index contributed by atoms with van der Waals surface area (Å²) in [5.41, 5.74) is 5.33. The van der Waals surface area contributed by atoms with E-state index in [0.717, 1.165) is 45.4 Å². The average Bonchev–Trinajstić information content (AvgIpc) is 3.31. The van der Waals surface area contributed by atoms with Crippen LogP contribution in [0.2, 0.25) is 0 Å². The van der Waals surface area contributed by atoms with Crippen LogP contribution in [0, 0.1) is 0 Å². The minimum atomic E-state index is -0.286. The Morgan fingerprint density at radius 1 is 0.903 bits per heavy atom. The zero-order chi connectivity index (χ0) is 20.8. The van der Waals surface area contributed by atoms with Crippen molar-refractivity contribution >= 4 is 11.6 Å². The molecular formula is C25H20N4O2. The molecule has 0 radical (unpaired) electrons. The third kappa shape index (κ3) is 2.79. The third-order valence-electron chi connectivity index (χ3n) is 5.86. The van der Waals surface area contributed by atoms with Crippen LogP contribution < -0.4 is 14.8 Å². The molecule has 0 fully saturated rings. The quantitative estimate of drug-likeness (QED) is 0.525. The van der Waals surface area contributed by atoms with Crippen LogP contribution in [0.5, 0.6) is 11.5 Å². The number of anilines is 1. The number of benzene rings is 3. The molecule has 1 aromatic heterocycles. The van der Waals surface area contributed by atoms with Gasteiger partial charge in [-0.15, -0.1) is 0 Å². The van der Waals surface area contributed by atoms with Crippen molar-refractivity contribution in [1.82, 2.24) is 14.8 Å². The number of ether oxygens (including phenoxy) is 2. The van der Waals surface area contributed by atoms with Gasteiger partial charge in [-0.2, -0.15) is 10.1 Å². The first-order valence-corrected chi connectivity index (χ1v) is 10.2. The molecule has 2 aliphatic heterocycles. The molecule has 2 atom stereocenters. The Hall–Kier alpha value is -4.06. The Morgan fingerprint density at radius 3 is 2.48 bits per heavy atom. The summed E-state index contributed by atoms with van der Waals surface area (Å²) in [6, 6.07) is 26.4. The first-order valence-electron chi connectivity index (χ1n) is 10.2. The van der Waals surface area contributed by atoms with Crippen LogP contribution in [-0.2, 0) is 0 Å². The fourth-order valence-corrected chi connectivity index (χ4v) is 4.43. The zero-order valence-corrected chi connectivity index (χ0v) is 16.9. The average molecular weight is 408 g/mol. The molecule has 3 aromatic carbocycles. The smallest absolute Gasteiger partial charge is 0.226 e.